The van der Waals surface area contributed by atoms with Crippen molar-refractivity contribution in [2.75, 3.05) is 46.1 Å². The summed E-state index contributed by atoms with van der Waals surface area (Å²) in [5.41, 5.74) is -0.595. The Morgan fingerprint density at radius 2 is 1.40 bits per heavy atom. The molecule has 0 radical (unpaired) electrons. The summed E-state index contributed by atoms with van der Waals surface area (Å²) >= 11 is 0. The Labute approximate surface area is 431 Å². The molecule has 1 heterocycles. The number of amides is 2. The van der Waals surface area contributed by atoms with Gasteiger partial charge >= 0.3 is 6.16 Å². The number of benzene rings is 3. The zero-order valence-electron chi connectivity index (χ0n) is 43.1. The van der Waals surface area contributed by atoms with Crippen LogP contribution in [0, 0.1) is 36.0 Å². The molecule has 2 N–H and O–H groups in total. The van der Waals surface area contributed by atoms with Gasteiger partial charge in [-0.25, -0.2) is 4.79 Å². The van der Waals surface area contributed by atoms with Crippen LogP contribution in [0.1, 0.15) is 108 Å². The number of Topliss-reactive ketones (excluding diaryl/α,β-unsaturated/α-hetero) is 4. The van der Waals surface area contributed by atoms with Crippen LogP contribution < -0.4 is 10.6 Å². The number of rotatable bonds is 31. The smallest absolute Gasteiger partial charge is 0.435 e. The first-order valence-electron chi connectivity index (χ1n) is 25.1. The summed E-state index contributed by atoms with van der Waals surface area (Å²) < 4.78 is 48.6. The second-order valence-electron chi connectivity index (χ2n) is 19.5. The van der Waals surface area contributed by atoms with E-state index in [2.05, 4.69) is 16.6 Å². The van der Waals surface area contributed by atoms with Gasteiger partial charge in [-0.1, -0.05) is 100 Å². The molecule has 1 aliphatic heterocycles. The first-order valence-corrected chi connectivity index (χ1v) is 26.5. The van der Waals surface area contributed by atoms with E-state index < -0.39 is 86.5 Å². The lowest BCUT2D eigenvalue weighted by Gasteiger charge is -2.32. The van der Waals surface area contributed by atoms with Crippen LogP contribution >= 0.6 is 0 Å². The van der Waals surface area contributed by atoms with E-state index in [1.165, 1.54) is 25.1 Å². The predicted molar refractivity (Wildman–Crippen MR) is 275 cm³/mol. The van der Waals surface area contributed by atoms with Crippen LogP contribution in [-0.4, -0.2) is 118 Å². The number of carbonyl (C=O) groups is 7. The van der Waals surface area contributed by atoms with Gasteiger partial charge in [0.05, 0.1) is 43.3 Å². The zero-order valence-corrected chi connectivity index (χ0v) is 43.9. The number of ketones is 4. The topological polar surface area (TPSA) is 218 Å². The van der Waals surface area contributed by atoms with Gasteiger partial charge in [0.15, 0.2) is 17.2 Å². The number of nitrogens with zero attached hydrogens (tertiary/aromatic N) is 1. The molecule has 1 fully saturated rings. The van der Waals surface area contributed by atoms with E-state index in [9.17, 15) is 42.0 Å². The first kappa shape index (κ1) is 59.5. The zero-order chi connectivity index (χ0) is 53.6. The molecule has 1 unspecified atom stereocenters. The average Bonchev–Trinajstić information content (AvgIpc) is 3.36. The van der Waals surface area contributed by atoms with E-state index in [1.54, 1.807) is 44.2 Å². The van der Waals surface area contributed by atoms with E-state index in [0.29, 0.717) is 44.7 Å². The largest absolute Gasteiger partial charge is 0.509 e. The molecule has 73 heavy (non-hydrogen) atoms. The number of hydrogen-bond donors (Lipinski definition) is 2. The Hall–Kier alpha value is -6.06. The van der Waals surface area contributed by atoms with Crippen molar-refractivity contribution in [3.8, 4) is 12.3 Å². The molecule has 0 saturated carbocycles. The van der Waals surface area contributed by atoms with Crippen molar-refractivity contribution in [3.05, 3.63) is 102 Å². The molecule has 5 atom stereocenters. The fourth-order valence-electron chi connectivity index (χ4n) is 8.49. The molecule has 16 nitrogen and oxygen atoms in total. The number of terminal acetylenes is 1. The maximum absolute atomic E-state index is 14.8. The highest BCUT2D eigenvalue weighted by Crippen LogP contribution is 2.26. The van der Waals surface area contributed by atoms with E-state index in [4.69, 9.17) is 24.8 Å². The lowest BCUT2D eigenvalue weighted by atomic mass is 9.86. The number of nitrogens with one attached hydrogen (secondary N) is 2. The lowest BCUT2D eigenvalue weighted by molar-refractivity contribution is -0.146. The van der Waals surface area contributed by atoms with Gasteiger partial charge < -0.3 is 24.8 Å². The molecular weight excluding hydrogens is 955 g/mol. The van der Waals surface area contributed by atoms with Gasteiger partial charge in [-0.2, -0.15) is 8.42 Å². The lowest BCUT2D eigenvalue weighted by Crippen LogP contribution is -2.56. The summed E-state index contributed by atoms with van der Waals surface area (Å²) in [6.45, 7) is 11.3. The Kier molecular flexibility index (Phi) is 24.1. The van der Waals surface area contributed by atoms with Crippen LogP contribution in [0.15, 0.2) is 89.8 Å². The van der Waals surface area contributed by atoms with Crippen molar-refractivity contribution >= 4 is 51.2 Å². The SMILES string of the molecule is C#CCCC(=O)c1cccc(S(=O)(=O)OCC(C)(OC(=O)OCC)C(=O)[C@H](CC(C)C)NC(=O)[C@@H](CC(=O)[C@H](CC(C)C)NC(=O)[C@H](CCc2ccccc2)CC(=O)CN2CCOCC2)Cc2ccccc2)c1. The predicted octanol–water partition coefficient (Wildman–Crippen LogP) is 6.91. The quantitative estimate of drug-likeness (QED) is 0.0290. The van der Waals surface area contributed by atoms with Crippen molar-refractivity contribution in [1.29, 1.82) is 0 Å². The third-order valence-corrected chi connectivity index (χ3v) is 13.7. The number of aryl methyl sites for hydroxylation is 1. The van der Waals surface area contributed by atoms with Gasteiger partial charge in [0, 0.05) is 56.2 Å². The summed E-state index contributed by atoms with van der Waals surface area (Å²) in [4.78, 5) is 99.2. The number of carbonyl (C=O) groups excluding carboxylic acids is 7. The molecule has 1 aliphatic rings. The number of hydrogen-bond acceptors (Lipinski definition) is 14. The second kappa shape index (κ2) is 29.6. The standard InChI is InChI=1S/C56H73N3O13S/c1-8-10-24-50(61)43-22-17-23-47(35-43)73(67,68)71-38-56(7,72-55(66)70-9-2)52(63)49(32-40(5)6)58-54(65)45(33-42-20-15-12-16-21-42)36-51(62)48(31-39(3)4)57-53(64)44(26-25-41-18-13-11-14-19-41)34-46(60)37-59-27-29-69-30-28-59/h1,11-23,35,39-40,44-45,48-49H,9-10,24-34,36-38H2,2-7H3,(H,57,64)(H,58,65)/t44-,45-,48+,49+,56?/m1/s1. The number of morpholine rings is 1. The fourth-order valence-corrected chi connectivity index (χ4v) is 9.52. The number of ether oxygens (including phenoxy) is 3. The van der Waals surface area contributed by atoms with Crippen LogP contribution in [0.5, 0.6) is 0 Å². The first-order chi connectivity index (χ1) is 34.7. The van der Waals surface area contributed by atoms with E-state index in [1.807, 2.05) is 49.1 Å². The van der Waals surface area contributed by atoms with Crippen LogP contribution in [0.3, 0.4) is 0 Å². The fraction of sp³-hybridized carbons (Fsp3) is 0.518. The van der Waals surface area contributed by atoms with Gasteiger partial charge in [-0.05, 0) is 81.0 Å². The molecule has 0 aromatic heterocycles. The molecule has 17 heteroatoms. The highest BCUT2D eigenvalue weighted by atomic mass is 32.2. The molecule has 0 bridgehead atoms. The minimum atomic E-state index is -4.70. The van der Waals surface area contributed by atoms with Gasteiger partial charge in [0.2, 0.25) is 17.6 Å². The van der Waals surface area contributed by atoms with Crippen molar-refractivity contribution in [3.63, 3.8) is 0 Å². The summed E-state index contributed by atoms with van der Waals surface area (Å²) in [5, 5.41) is 5.79. The highest BCUT2D eigenvalue weighted by molar-refractivity contribution is 7.86. The molecule has 3 aromatic rings. The third kappa shape index (κ3) is 20.1. The van der Waals surface area contributed by atoms with E-state index in [-0.39, 0.29) is 81.3 Å². The van der Waals surface area contributed by atoms with Gasteiger partial charge in [-0.15, -0.1) is 12.3 Å². The van der Waals surface area contributed by atoms with Gasteiger partial charge in [0.1, 0.15) is 12.4 Å². The van der Waals surface area contributed by atoms with Crippen molar-refractivity contribution in [2.45, 2.75) is 122 Å². The Balaban J connectivity index is 1.62. The summed E-state index contributed by atoms with van der Waals surface area (Å²) in [6, 6.07) is 21.3. The molecule has 1 saturated heterocycles. The highest BCUT2D eigenvalue weighted by Gasteiger charge is 2.45. The Morgan fingerprint density at radius 3 is 2.01 bits per heavy atom. The van der Waals surface area contributed by atoms with Gasteiger partial charge in [0.25, 0.3) is 10.1 Å². The normalized spacial score (nSPS) is 15.4. The average molecular weight is 1030 g/mol. The van der Waals surface area contributed by atoms with Crippen LogP contribution in [0.4, 0.5) is 4.79 Å². The molecule has 2 amide bonds. The van der Waals surface area contributed by atoms with Crippen molar-refractivity contribution in [2.24, 2.45) is 23.7 Å². The maximum Gasteiger partial charge on any atom is 0.509 e. The van der Waals surface area contributed by atoms with Crippen LogP contribution in [0.25, 0.3) is 0 Å². The summed E-state index contributed by atoms with van der Waals surface area (Å²) in [5.74, 6) is -2.76. The van der Waals surface area contributed by atoms with Crippen LogP contribution in [-0.2, 0) is 65.3 Å². The molecular formula is C56H73N3O13S. The monoisotopic (exact) mass is 1030 g/mol. The summed E-state index contributed by atoms with van der Waals surface area (Å²) in [7, 11) is -4.70. The molecule has 0 aliphatic carbocycles. The molecule has 4 rings (SSSR count). The maximum atomic E-state index is 14.8. The van der Waals surface area contributed by atoms with E-state index in [0.717, 1.165) is 18.6 Å². The second-order valence-corrected chi connectivity index (χ2v) is 21.2. The van der Waals surface area contributed by atoms with E-state index >= 15 is 0 Å². The third-order valence-electron chi connectivity index (χ3n) is 12.4. The van der Waals surface area contributed by atoms with Crippen molar-refractivity contribution in [1.82, 2.24) is 15.5 Å². The Bertz CT molecular complexity index is 2470. The van der Waals surface area contributed by atoms with Crippen LogP contribution in [0.2, 0.25) is 0 Å². The van der Waals surface area contributed by atoms with Gasteiger partial charge in [-0.3, -0.25) is 37.9 Å². The van der Waals surface area contributed by atoms with Crippen molar-refractivity contribution < 1.29 is 60.4 Å². The minimum Gasteiger partial charge on any atom is -0.435 e. The Morgan fingerprint density at radius 1 is 0.795 bits per heavy atom. The summed E-state index contributed by atoms with van der Waals surface area (Å²) in [6.07, 6.45) is 4.91. The molecule has 396 valence electrons. The molecule has 3 aromatic carbocycles. The molecule has 0 spiro atoms. The minimum absolute atomic E-state index is 0.00637.